The predicted octanol–water partition coefficient (Wildman–Crippen LogP) is 4.63. The van der Waals surface area contributed by atoms with Crippen LogP contribution in [0.15, 0.2) is 63.4 Å². The van der Waals surface area contributed by atoms with E-state index < -0.39 is 0 Å². The fourth-order valence-corrected chi connectivity index (χ4v) is 4.69. The molecule has 0 spiro atoms. The minimum atomic E-state index is -0.219. The summed E-state index contributed by atoms with van der Waals surface area (Å²) in [6.45, 7) is 0.211. The number of thioether (sulfide) groups is 1. The summed E-state index contributed by atoms with van der Waals surface area (Å²) in [4.78, 5) is 31.2. The second-order valence-corrected chi connectivity index (χ2v) is 8.58. The van der Waals surface area contributed by atoms with Crippen molar-refractivity contribution in [3.05, 3.63) is 64.8 Å². The number of rotatable bonds is 6. The van der Waals surface area contributed by atoms with Gasteiger partial charge in [0.2, 0.25) is 5.91 Å². The highest BCUT2D eigenvalue weighted by atomic mass is 32.2. The third-order valence-corrected chi connectivity index (χ3v) is 6.21. The van der Waals surface area contributed by atoms with Gasteiger partial charge in [0.1, 0.15) is 10.1 Å². The first-order valence-corrected chi connectivity index (χ1v) is 10.8. The zero-order valence-electron chi connectivity index (χ0n) is 15.0. The molecule has 146 valence electrons. The first-order valence-electron chi connectivity index (χ1n) is 8.70. The van der Waals surface area contributed by atoms with E-state index in [-0.39, 0.29) is 24.8 Å². The number of furan rings is 1. The maximum atomic E-state index is 12.5. The summed E-state index contributed by atoms with van der Waals surface area (Å²) in [5.74, 6) is 0.147. The molecule has 29 heavy (non-hydrogen) atoms. The van der Waals surface area contributed by atoms with E-state index in [0.29, 0.717) is 20.1 Å². The van der Waals surface area contributed by atoms with E-state index in [0.717, 1.165) is 11.3 Å². The summed E-state index contributed by atoms with van der Waals surface area (Å²) < 4.78 is 5.67. The third-order valence-electron chi connectivity index (χ3n) is 4.07. The molecule has 0 bridgehead atoms. The summed E-state index contributed by atoms with van der Waals surface area (Å²) in [6.07, 6.45) is 3.32. The molecule has 9 heteroatoms. The molecule has 0 saturated carbocycles. The highest BCUT2D eigenvalue weighted by Gasteiger charge is 2.32. The van der Waals surface area contributed by atoms with Gasteiger partial charge in [-0.25, -0.2) is 4.98 Å². The Kier molecular flexibility index (Phi) is 5.89. The van der Waals surface area contributed by atoms with Gasteiger partial charge in [-0.05, 0) is 12.1 Å². The minimum absolute atomic E-state index is 0.126. The number of thiazole rings is 1. The second kappa shape index (κ2) is 8.73. The lowest BCUT2D eigenvalue weighted by Crippen LogP contribution is -2.31. The summed E-state index contributed by atoms with van der Waals surface area (Å²) in [7, 11) is 0. The fraction of sp³-hybridized carbons (Fsp3) is 0.100. The Morgan fingerprint density at radius 2 is 2.07 bits per heavy atom. The van der Waals surface area contributed by atoms with Crippen molar-refractivity contribution >= 4 is 62.7 Å². The van der Waals surface area contributed by atoms with Crippen molar-refractivity contribution in [2.75, 3.05) is 11.9 Å². The van der Waals surface area contributed by atoms with Crippen molar-refractivity contribution in [3.8, 4) is 11.3 Å². The van der Waals surface area contributed by atoms with Crippen molar-refractivity contribution < 1.29 is 14.0 Å². The van der Waals surface area contributed by atoms with E-state index in [2.05, 4.69) is 10.3 Å². The average Bonchev–Trinajstić information content (AvgIpc) is 3.45. The number of thiocarbonyl (C=S) groups is 1. The Hall–Kier alpha value is -2.75. The minimum Gasteiger partial charge on any atom is -0.465 e. The molecule has 2 amide bonds. The second-order valence-electron chi connectivity index (χ2n) is 6.05. The first-order chi connectivity index (χ1) is 14.1. The highest BCUT2D eigenvalue weighted by molar-refractivity contribution is 8.26. The highest BCUT2D eigenvalue weighted by Crippen LogP contribution is 2.32. The van der Waals surface area contributed by atoms with E-state index in [4.69, 9.17) is 16.6 Å². The molecule has 0 aliphatic carbocycles. The number of hydrogen-bond acceptors (Lipinski definition) is 7. The molecule has 1 aliphatic heterocycles. The van der Waals surface area contributed by atoms with Crippen LogP contribution in [-0.4, -0.2) is 32.6 Å². The maximum absolute atomic E-state index is 12.5. The van der Waals surface area contributed by atoms with Gasteiger partial charge in [0.15, 0.2) is 5.13 Å². The molecule has 3 heterocycles. The van der Waals surface area contributed by atoms with Crippen molar-refractivity contribution in [3.63, 3.8) is 0 Å². The van der Waals surface area contributed by atoms with Crippen LogP contribution in [0.5, 0.6) is 0 Å². The molecule has 1 fully saturated rings. The standard InChI is InChI=1S/C20H15N3O3S3/c24-17(22-19-21-15(12-28-19)13-5-2-1-3-6-13)8-9-23-18(25)16(29-20(23)27)11-14-7-4-10-26-14/h1-7,10-12H,8-9H2,(H,21,22,24)/b16-11+. The zero-order chi connectivity index (χ0) is 20.2. The molecule has 1 aromatic carbocycles. The van der Waals surface area contributed by atoms with Gasteiger partial charge in [0.05, 0.1) is 16.9 Å². The molecule has 6 nitrogen and oxygen atoms in total. The molecular formula is C20H15N3O3S3. The lowest BCUT2D eigenvalue weighted by Gasteiger charge is -2.13. The quantitative estimate of drug-likeness (QED) is 0.444. The summed E-state index contributed by atoms with van der Waals surface area (Å²) >= 11 is 7.85. The molecular weight excluding hydrogens is 426 g/mol. The summed E-state index contributed by atoms with van der Waals surface area (Å²) in [5.41, 5.74) is 1.80. The molecule has 0 radical (unpaired) electrons. The number of carbonyl (C=O) groups excluding carboxylic acids is 2. The van der Waals surface area contributed by atoms with Gasteiger partial charge in [-0.1, -0.05) is 54.3 Å². The Morgan fingerprint density at radius 1 is 1.24 bits per heavy atom. The van der Waals surface area contributed by atoms with Crippen LogP contribution < -0.4 is 5.32 Å². The van der Waals surface area contributed by atoms with Crippen LogP contribution in [0.3, 0.4) is 0 Å². The number of nitrogens with one attached hydrogen (secondary N) is 1. The fourth-order valence-electron chi connectivity index (χ4n) is 2.66. The molecule has 0 atom stereocenters. The normalized spacial score (nSPS) is 15.3. The van der Waals surface area contributed by atoms with Gasteiger partial charge in [0.25, 0.3) is 5.91 Å². The Morgan fingerprint density at radius 3 is 2.83 bits per heavy atom. The Labute approximate surface area is 180 Å². The van der Waals surface area contributed by atoms with Crippen LogP contribution in [-0.2, 0) is 9.59 Å². The van der Waals surface area contributed by atoms with Crippen LogP contribution in [0.1, 0.15) is 12.2 Å². The van der Waals surface area contributed by atoms with Crippen LogP contribution in [0.2, 0.25) is 0 Å². The zero-order valence-corrected chi connectivity index (χ0v) is 17.5. The molecule has 1 saturated heterocycles. The molecule has 3 aromatic rings. The van der Waals surface area contributed by atoms with Gasteiger partial charge in [-0.2, -0.15) is 0 Å². The van der Waals surface area contributed by atoms with Crippen LogP contribution >= 0.6 is 35.3 Å². The number of carbonyl (C=O) groups is 2. The molecule has 4 rings (SSSR count). The Balaban J connectivity index is 1.33. The topological polar surface area (TPSA) is 75.4 Å². The van der Waals surface area contributed by atoms with Gasteiger partial charge in [-0.3, -0.25) is 14.5 Å². The summed E-state index contributed by atoms with van der Waals surface area (Å²) in [6, 6.07) is 13.3. The smallest absolute Gasteiger partial charge is 0.266 e. The number of amides is 2. The van der Waals surface area contributed by atoms with Gasteiger partial charge in [-0.15, -0.1) is 11.3 Å². The lowest BCUT2D eigenvalue weighted by molar-refractivity contribution is -0.122. The largest absolute Gasteiger partial charge is 0.465 e. The van der Waals surface area contributed by atoms with Crippen molar-refractivity contribution in [2.45, 2.75) is 6.42 Å². The molecule has 1 aliphatic rings. The molecule has 2 aromatic heterocycles. The predicted molar refractivity (Wildman–Crippen MR) is 119 cm³/mol. The Bertz CT molecular complexity index is 1070. The molecule has 1 N–H and O–H groups in total. The first kappa shape index (κ1) is 19.6. The monoisotopic (exact) mass is 441 g/mol. The van der Waals surface area contributed by atoms with E-state index in [1.807, 2.05) is 35.7 Å². The van der Waals surface area contributed by atoms with Crippen LogP contribution in [0.25, 0.3) is 17.3 Å². The van der Waals surface area contributed by atoms with E-state index in [1.165, 1.54) is 28.0 Å². The van der Waals surface area contributed by atoms with Crippen molar-refractivity contribution in [1.29, 1.82) is 0 Å². The number of anilines is 1. The number of benzene rings is 1. The average molecular weight is 442 g/mol. The summed E-state index contributed by atoms with van der Waals surface area (Å²) in [5, 5.41) is 5.20. The van der Waals surface area contributed by atoms with E-state index >= 15 is 0 Å². The lowest BCUT2D eigenvalue weighted by atomic mass is 10.2. The number of nitrogens with zero attached hydrogens (tertiary/aromatic N) is 2. The number of hydrogen-bond donors (Lipinski definition) is 1. The van der Waals surface area contributed by atoms with Gasteiger partial charge in [0, 0.05) is 30.0 Å². The van der Waals surface area contributed by atoms with Crippen molar-refractivity contribution in [1.82, 2.24) is 9.88 Å². The van der Waals surface area contributed by atoms with Crippen LogP contribution in [0, 0.1) is 0 Å². The number of aromatic nitrogens is 1. The van der Waals surface area contributed by atoms with Gasteiger partial charge < -0.3 is 9.73 Å². The van der Waals surface area contributed by atoms with Gasteiger partial charge >= 0.3 is 0 Å². The third kappa shape index (κ3) is 4.64. The van der Waals surface area contributed by atoms with E-state index in [9.17, 15) is 9.59 Å². The van der Waals surface area contributed by atoms with Crippen molar-refractivity contribution in [2.24, 2.45) is 0 Å². The van der Waals surface area contributed by atoms with E-state index in [1.54, 1.807) is 24.5 Å². The maximum Gasteiger partial charge on any atom is 0.266 e. The SMILES string of the molecule is O=C(CCN1C(=O)/C(=C\c2ccco2)SC1=S)Nc1nc(-c2ccccc2)cs1. The molecule has 0 unspecified atom stereocenters. The van der Waals surface area contributed by atoms with Crippen LogP contribution in [0.4, 0.5) is 5.13 Å².